The first-order valence-electron chi connectivity index (χ1n) is 19.2. The Kier molecular flexibility index (Phi) is 7.53. The molecule has 11 aromatic rings. The van der Waals surface area contributed by atoms with Crippen molar-refractivity contribution in [2.75, 3.05) is 4.90 Å². The van der Waals surface area contributed by atoms with Crippen molar-refractivity contribution in [3.63, 3.8) is 0 Å². The Balaban J connectivity index is 0.956. The Bertz CT molecular complexity index is 3230. The van der Waals surface area contributed by atoms with E-state index in [4.69, 9.17) is 0 Å². The van der Waals surface area contributed by atoms with E-state index in [0.717, 1.165) is 22.7 Å². The predicted molar refractivity (Wildman–Crippen MR) is 239 cm³/mol. The first-order valence-corrected chi connectivity index (χ1v) is 19.2. The van der Waals surface area contributed by atoms with Crippen molar-refractivity contribution in [1.82, 2.24) is 4.57 Å². The average Bonchev–Trinajstić information content (AvgIpc) is 3.59. The first kappa shape index (κ1) is 32.0. The van der Waals surface area contributed by atoms with E-state index >= 15 is 0 Å². The lowest BCUT2D eigenvalue weighted by Gasteiger charge is -2.26. The summed E-state index contributed by atoms with van der Waals surface area (Å²) < 4.78 is 2.40. The minimum absolute atomic E-state index is 1.12. The van der Waals surface area contributed by atoms with Crippen molar-refractivity contribution in [2.24, 2.45) is 0 Å². The normalized spacial score (nSPS) is 11.6. The summed E-state index contributed by atoms with van der Waals surface area (Å²) in [6, 6.07) is 79.5. The van der Waals surface area contributed by atoms with Crippen LogP contribution >= 0.6 is 0 Å². The third-order valence-electron chi connectivity index (χ3n) is 11.3. The van der Waals surface area contributed by atoms with Crippen molar-refractivity contribution in [3.8, 4) is 27.9 Å². The molecule has 262 valence electrons. The number of hydrogen-bond donors (Lipinski definition) is 0. The second kappa shape index (κ2) is 13.2. The van der Waals surface area contributed by atoms with Gasteiger partial charge in [0.15, 0.2) is 0 Å². The molecule has 0 spiro atoms. The average molecular weight is 713 g/mol. The van der Waals surface area contributed by atoms with Gasteiger partial charge in [0.2, 0.25) is 0 Å². The summed E-state index contributed by atoms with van der Waals surface area (Å²) in [6.45, 7) is 0. The highest BCUT2D eigenvalue weighted by Gasteiger charge is 2.16. The van der Waals surface area contributed by atoms with Crippen molar-refractivity contribution in [3.05, 3.63) is 218 Å². The smallest absolute Gasteiger partial charge is 0.0547 e. The van der Waals surface area contributed by atoms with E-state index in [2.05, 4.69) is 228 Å². The van der Waals surface area contributed by atoms with E-state index in [1.807, 2.05) is 0 Å². The van der Waals surface area contributed by atoms with Crippen LogP contribution in [0, 0.1) is 0 Å². The van der Waals surface area contributed by atoms with Crippen LogP contribution in [0.2, 0.25) is 0 Å². The largest absolute Gasteiger partial charge is 0.310 e. The van der Waals surface area contributed by atoms with E-state index in [-0.39, 0.29) is 0 Å². The van der Waals surface area contributed by atoms with Gasteiger partial charge in [-0.25, -0.2) is 0 Å². The minimum Gasteiger partial charge on any atom is -0.310 e. The van der Waals surface area contributed by atoms with Crippen LogP contribution in [0.15, 0.2) is 218 Å². The molecule has 10 aromatic carbocycles. The lowest BCUT2D eigenvalue weighted by Crippen LogP contribution is -2.09. The van der Waals surface area contributed by atoms with Gasteiger partial charge in [-0.1, -0.05) is 146 Å². The molecule has 0 radical (unpaired) electrons. The number of hydrogen-bond acceptors (Lipinski definition) is 1. The molecule has 0 bridgehead atoms. The summed E-state index contributed by atoms with van der Waals surface area (Å²) in [7, 11) is 0. The SMILES string of the molecule is c1ccc(-c2ccc(N(c3ccc4ccccc4c3)c3ccc4cc(-c5ccc(-n6c7ccccc7c7cc8ccccc8cc76)cc5)ccc4c3)cc2)cc1. The highest BCUT2D eigenvalue weighted by atomic mass is 15.1. The molecule has 0 aliphatic heterocycles. The lowest BCUT2D eigenvalue weighted by atomic mass is 10.00. The summed E-state index contributed by atoms with van der Waals surface area (Å²) in [4.78, 5) is 2.37. The number of aromatic nitrogens is 1. The van der Waals surface area contributed by atoms with Gasteiger partial charge in [0, 0.05) is 33.5 Å². The maximum Gasteiger partial charge on any atom is 0.0547 e. The molecule has 0 saturated carbocycles. The quantitative estimate of drug-likeness (QED) is 0.167. The van der Waals surface area contributed by atoms with Gasteiger partial charge in [0.1, 0.15) is 0 Å². The molecule has 0 saturated heterocycles. The van der Waals surface area contributed by atoms with E-state index < -0.39 is 0 Å². The molecule has 56 heavy (non-hydrogen) atoms. The zero-order valence-corrected chi connectivity index (χ0v) is 30.7. The van der Waals surface area contributed by atoms with Crippen LogP contribution in [-0.2, 0) is 0 Å². The molecule has 1 aromatic heterocycles. The second-order valence-corrected chi connectivity index (χ2v) is 14.6. The van der Waals surface area contributed by atoms with E-state index in [9.17, 15) is 0 Å². The van der Waals surface area contributed by atoms with Crippen LogP contribution < -0.4 is 4.90 Å². The molecular weight excluding hydrogens is 677 g/mol. The van der Waals surface area contributed by atoms with Gasteiger partial charge in [0.05, 0.1) is 11.0 Å². The van der Waals surface area contributed by atoms with Crippen LogP contribution in [0.25, 0.3) is 82.1 Å². The molecule has 0 N–H and O–H groups in total. The van der Waals surface area contributed by atoms with Crippen molar-refractivity contribution < 1.29 is 0 Å². The van der Waals surface area contributed by atoms with Crippen LogP contribution in [0.5, 0.6) is 0 Å². The second-order valence-electron chi connectivity index (χ2n) is 14.6. The number of fused-ring (bicyclic) bond motifs is 6. The molecular formula is C54H36N2. The van der Waals surface area contributed by atoms with Crippen LogP contribution in [0.4, 0.5) is 17.1 Å². The van der Waals surface area contributed by atoms with Crippen molar-refractivity contribution in [2.45, 2.75) is 0 Å². The van der Waals surface area contributed by atoms with Crippen LogP contribution in [-0.4, -0.2) is 4.57 Å². The summed E-state index contributed by atoms with van der Waals surface area (Å²) in [5.41, 5.74) is 11.8. The van der Waals surface area contributed by atoms with Gasteiger partial charge in [-0.05, 0) is 127 Å². The molecule has 2 nitrogen and oxygen atoms in total. The van der Waals surface area contributed by atoms with Gasteiger partial charge >= 0.3 is 0 Å². The van der Waals surface area contributed by atoms with E-state index in [1.54, 1.807) is 0 Å². The fourth-order valence-corrected chi connectivity index (χ4v) is 8.48. The Hall–Kier alpha value is -7.42. The molecule has 1 heterocycles. The number of anilines is 3. The van der Waals surface area contributed by atoms with Crippen LogP contribution in [0.1, 0.15) is 0 Å². The summed E-state index contributed by atoms with van der Waals surface area (Å²) in [5.74, 6) is 0. The monoisotopic (exact) mass is 712 g/mol. The lowest BCUT2D eigenvalue weighted by molar-refractivity contribution is 1.18. The Labute approximate surface area is 325 Å². The first-order chi connectivity index (χ1) is 27.7. The summed E-state index contributed by atoms with van der Waals surface area (Å²) >= 11 is 0. The number of nitrogens with zero attached hydrogens (tertiary/aromatic N) is 2. The van der Waals surface area contributed by atoms with Gasteiger partial charge < -0.3 is 9.47 Å². The topological polar surface area (TPSA) is 8.17 Å². The summed E-state index contributed by atoms with van der Waals surface area (Å²) in [5, 5.41) is 9.93. The third kappa shape index (κ3) is 5.51. The van der Waals surface area contributed by atoms with Crippen molar-refractivity contribution >= 4 is 71.2 Å². The number of para-hydroxylation sites is 1. The molecule has 0 fully saturated rings. The molecule has 2 heteroatoms. The van der Waals surface area contributed by atoms with Gasteiger partial charge in [-0.3, -0.25) is 0 Å². The summed E-state index contributed by atoms with van der Waals surface area (Å²) in [6.07, 6.45) is 0. The standard InChI is InChI=1S/C54H36N2/c1-2-10-37(11-3-1)39-20-26-47(27-21-39)55(49-30-24-38-12-4-5-13-41(38)33-49)50-31-25-45-32-44(18-19-46(45)34-50)40-22-28-48(29-23-40)56-53-17-9-8-16-51(53)52-35-42-14-6-7-15-43(42)36-54(52)56/h1-36H. The zero-order valence-electron chi connectivity index (χ0n) is 30.7. The fourth-order valence-electron chi connectivity index (χ4n) is 8.48. The maximum absolute atomic E-state index is 2.40. The third-order valence-corrected chi connectivity index (χ3v) is 11.3. The van der Waals surface area contributed by atoms with Gasteiger partial charge in [0.25, 0.3) is 0 Å². The van der Waals surface area contributed by atoms with Crippen LogP contribution in [0.3, 0.4) is 0 Å². The number of benzene rings is 10. The van der Waals surface area contributed by atoms with Crippen molar-refractivity contribution in [1.29, 1.82) is 0 Å². The van der Waals surface area contributed by atoms with Gasteiger partial charge in [-0.2, -0.15) is 0 Å². The molecule has 0 amide bonds. The Morgan fingerprint density at radius 3 is 1.50 bits per heavy atom. The zero-order chi connectivity index (χ0) is 37.0. The molecule has 0 unspecified atom stereocenters. The van der Waals surface area contributed by atoms with E-state index in [1.165, 1.54) is 76.4 Å². The molecule has 0 aliphatic carbocycles. The molecule has 11 rings (SSSR count). The minimum atomic E-state index is 1.12. The van der Waals surface area contributed by atoms with Gasteiger partial charge in [-0.15, -0.1) is 0 Å². The Morgan fingerprint density at radius 1 is 0.268 bits per heavy atom. The molecule has 0 aliphatic rings. The maximum atomic E-state index is 2.40. The number of rotatable bonds is 6. The fraction of sp³-hybridized carbons (Fsp3) is 0. The highest BCUT2D eigenvalue weighted by Crippen LogP contribution is 2.40. The predicted octanol–water partition coefficient (Wildman–Crippen LogP) is 15.0. The Morgan fingerprint density at radius 2 is 0.750 bits per heavy atom. The van der Waals surface area contributed by atoms with E-state index in [0.29, 0.717) is 0 Å². The molecule has 0 atom stereocenters. The highest BCUT2D eigenvalue weighted by molar-refractivity contribution is 6.13.